The first-order chi connectivity index (χ1) is 12.8. The second kappa shape index (κ2) is 16.0. The zero-order valence-corrected chi connectivity index (χ0v) is 17.4. The first-order valence-corrected chi connectivity index (χ1v) is 11.0. The van der Waals surface area contributed by atoms with Crippen LogP contribution in [-0.4, -0.2) is 13.2 Å². The molecule has 1 rings (SSSR count). The van der Waals surface area contributed by atoms with E-state index in [1.54, 1.807) is 0 Å². The van der Waals surface area contributed by atoms with Gasteiger partial charge in [0.2, 0.25) is 0 Å². The van der Waals surface area contributed by atoms with Crippen LogP contribution in [0.15, 0.2) is 18.2 Å². The van der Waals surface area contributed by atoms with Gasteiger partial charge in [-0.25, -0.2) is 0 Å². The van der Waals surface area contributed by atoms with E-state index < -0.39 is 0 Å². The predicted octanol–water partition coefficient (Wildman–Crippen LogP) is 7.54. The standard InChI is InChI=1S/C24H41O2/c1-4-7-9-11-13-15-17-25-23-19-22(6-3)20-24(21-23)26-18-16-14-12-10-8-5-2/h19-21H,3-18H2,1-2H3. The van der Waals surface area contributed by atoms with Crippen LogP contribution < -0.4 is 9.47 Å². The van der Waals surface area contributed by atoms with Gasteiger partial charge in [-0.1, -0.05) is 78.1 Å². The van der Waals surface area contributed by atoms with Crippen LogP contribution in [0.5, 0.6) is 11.5 Å². The van der Waals surface area contributed by atoms with Crippen LogP contribution in [0.4, 0.5) is 0 Å². The molecule has 0 saturated carbocycles. The van der Waals surface area contributed by atoms with Crippen LogP contribution in [0.1, 0.15) is 96.5 Å². The maximum Gasteiger partial charge on any atom is 0.123 e. The first-order valence-electron chi connectivity index (χ1n) is 11.0. The van der Waals surface area contributed by atoms with Gasteiger partial charge in [0.15, 0.2) is 0 Å². The molecule has 0 aromatic heterocycles. The van der Waals surface area contributed by atoms with Gasteiger partial charge in [0.05, 0.1) is 13.2 Å². The van der Waals surface area contributed by atoms with E-state index in [1.807, 2.05) is 6.07 Å². The van der Waals surface area contributed by atoms with E-state index in [-0.39, 0.29) is 0 Å². The van der Waals surface area contributed by atoms with Crippen LogP contribution in [-0.2, 0) is 6.42 Å². The van der Waals surface area contributed by atoms with Gasteiger partial charge in [-0.15, -0.1) is 0 Å². The number of unbranched alkanes of at least 4 members (excludes halogenated alkanes) is 10. The summed E-state index contributed by atoms with van der Waals surface area (Å²) in [6.45, 7) is 10.1. The Morgan fingerprint density at radius 1 is 0.615 bits per heavy atom. The summed E-state index contributed by atoms with van der Waals surface area (Å²) in [5.74, 6) is 1.86. The lowest BCUT2D eigenvalue weighted by Gasteiger charge is -2.12. The molecule has 0 heterocycles. The van der Waals surface area contributed by atoms with Crippen molar-refractivity contribution in [2.24, 2.45) is 0 Å². The molecular formula is C24H41O2. The van der Waals surface area contributed by atoms with E-state index in [9.17, 15) is 0 Å². The Balaban J connectivity index is 2.28. The minimum absolute atomic E-state index is 0.765. The van der Waals surface area contributed by atoms with Crippen molar-refractivity contribution in [1.82, 2.24) is 0 Å². The Labute approximate surface area is 162 Å². The molecule has 0 aliphatic carbocycles. The molecule has 0 bridgehead atoms. The highest BCUT2D eigenvalue weighted by Gasteiger charge is 2.03. The number of ether oxygens (including phenoxy) is 2. The summed E-state index contributed by atoms with van der Waals surface area (Å²) in [6.07, 6.45) is 16.2. The molecule has 1 radical (unpaired) electrons. The van der Waals surface area contributed by atoms with E-state index in [0.29, 0.717) is 0 Å². The van der Waals surface area contributed by atoms with Crippen molar-refractivity contribution < 1.29 is 9.47 Å². The molecular weight excluding hydrogens is 320 g/mol. The van der Waals surface area contributed by atoms with E-state index in [2.05, 4.69) is 32.9 Å². The van der Waals surface area contributed by atoms with Crippen LogP contribution in [0.25, 0.3) is 0 Å². The highest BCUT2D eigenvalue weighted by atomic mass is 16.5. The zero-order valence-electron chi connectivity index (χ0n) is 17.4. The maximum absolute atomic E-state index is 5.96. The molecule has 1 aromatic rings. The highest BCUT2D eigenvalue weighted by Crippen LogP contribution is 2.24. The molecule has 0 aliphatic rings. The third-order valence-corrected chi connectivity index (χ3v) is 4.76. The van der Waals surface area contributed by atoms with Gasteiger partial charge >= 0.3 is 0 Å². The Kier molecular flexibility index (Phi) is 14.1. The van der Waals surface area contributed by atoms with Gasteiger partial charge in [0.1, 0.15) is 11.5 Å². The third kappa shape index (κ3) is 11.4. The lowest BCUT2D eigenvalue weighted by atomic mass is 10.1. The van der Waals surface area contributed by atoms with E-state index in [0.717, 1.165) is 44.0 Å². The molecule has 0 N–H and O–H groups in total. The van der Waals surface area contributed by atoms with E-state index >= 15 is 0 Å². The largest absolute Gasteiger partial charge is 0.493 e. The zero-order chi connectivity index (χ0) is 18.9. The molecule has 0 fully saturated rings. The first kappa shape index (κ1) is 22.9. The second-order valence-corrected chi connectivity index (χ2v) is 7.30. The van der Waals surface area contributed by atoms with Crippen LogP contribution >= 0.6 is 0 Å². The summed E-state index contributed by atoms with van der Waals surface area (Å²) in [7, 11) is 0. The minimum Gasteiger partial charge on any atom is -0.493 e. The lowest BCUT2D eigenvalue weighted by molar-refractivity contribution is 0.289. The van der Waals surface area contributed by atoms with Crippen molar-refractivity contribution in [1.29, 1.82) is 0 Å². The van der Waals surface area contributed by atoms with Gasteiger partial charge in [-0.3, -0.25) is 0 Å². The molecule has 0 amide bonds. The smallest absolute Gasteiger partial charge is 0.123 e. The summed E-state index contributed by atoms with van der Waals surface area (Å²) in [5.41, 5.74) is 1.18. The quantitative estimate of drug-likeness (QED) is 0.267. The number of benzene rings is 1. The SMILES string of the molecule is [CH2]Cc1cc(OCCCCCCCC)cc(OCCCCCCCC)c1. The monoisotopic (exact) mass is 361 g/mol. The highest BCUT2D eigenvalue weighted by molar-refractivity contribution is 5.38. The van der Waals surface area contributed by atoms with Gasteiger partial charge in [-0.05, 0) is 43.9 Å². The summed E-state index contributed by atoms with van der Waals surface area (Å²) < 4.78 is 11.9. The minimum atomic E-state index is 0.765. The van der Waals surface area contributed by atoms with Gasteiger partial charge < -0.3 is 9.47 Å². The fourth-order valence-corrected chi connectivity index (χ4v) is 3.09. The fourth-order valence-electron chi connectivity index (χ4n) is 3.09. The van der Waals surface area contributed by atoms with Crippen molar-refractivity contribution in [3.8, 4) is 11.5 Å². The Morgan fingerprint density at radius 3 is 1.46 bits per heavy atom. The summed E-state index contributed by atoms with van der Waals surface area (Å²) in [5, 5.41) is 0. The Bertz CT molecular complexity index is 406. The van der Waals surface area contributed by atoms with Crippen molar-refractivity contribution in [3.63, 3.8) is 0 Å². The Hall–Kier alpha value is -1.18. The molecule has 0 saturated heterocycles. The Morgan fingerprint density at radius 2 is 1.04 bits per heavy atom. The van der Waals surface area contributed by atoms with E-state index in [4.69, 9.17) is 9.47 Å². The summed E-state index contributed by atoms with van der Waals surface area (Å²) in [6, 6.07) is 6.23. The summed E-state index contributed by atoms with van der Waals surface area (Å²) in [4.78, 5) is 0. The van der Waals surface area contributed by atoms with Gasteiger partial charge in [0.25, 0.3) is 0 Å². The molecule has 2 heteroatoms. The average Bonchev–Trinajstić information content (AvgIpc) is 2.66. The average molecular weight is 362 g/mol. The molecule has 0 spiro atoms. The van der Waals surface area contributed by atoms with Crippen molar-refractivity contribution in [2.45, 2.75) is 97.3 Å². The number of hydrogen-bond donors (Lipinski definition) is 0. The van der Waals surface area contributed by atoms with Crippen molar-refractivity contribution >= 4 is 0 Å². The third-order valence-electron chi connectivity index (χ3n) is 4.76. The molecule has 0 atom stereocenters. The van der Waals surface area contributed by atoms with Crippen LogP contribution in [0.3, 0.4) is 0 Å². The molecule has 26 heavy (non-hydrogen) atoms. The van der Waals surface area contributed by atoms with Crippen LogP contribution in [0, 0.1) is 6.92 Å². The maximum atomic E-state index is 5.96. The number of rotatable bonds is 17. The summed E-state index contributed by atoms with van der Waals surface area (Å²) >= 11 is 0. The van der Waals surface area contributed by atoms with E-state index in [1.165, 1.54) is 69.8 Å². The van der Waals surface area contributed by atoms with Crippen molar-refractivity contribution in [3.05, 3.63) is 30.7 Å². The second-order valence-electron chi connectivity index (χ2n) is 7.30. The lowest BCUT2D eigenvalue weighted by Crippen LogP contribution is -2.01. The molecule has 0 unspecified atom stereocenters. The normalized spacial score (nSPS) is 10.9. The fraction of sp³-hybridized carbons (Fsp3) is 0.708. The van der Waals surface area contributed by atoms with Crippen molar-refractivity contribution in [2.75, 3.05) is 13.2 Å². The molecule has 0 aliphatic heterocycles. The molecule has 1 aromatic carbocycles. The molecule has 149 valence electrons. The van der Waals surface area contributed by atoms with Gasteiger partial charge in [-0.2, -0.15) is 0 Å². The van der Waals surface area contributed by atoms with Crippen LogP contribution in [0.2, 0.25) is 0 Å². The number of hydrogen-bond acceptors (Lipinski definition) is 2. The topological polar surface area (TPSA) is 18.5 Å². The predicted molar refractivity (Wildman–Crippen MR) is 113 cm³/mol. The van der Waals surface area contributed by atoms with Gasteiger partial charge in [0, 0.05) is 6.07 Å². The molecule has 2 nitrogen and oxygen atoms in total.